The van der Waals surface area contributed by atoms with Crippen molar-refractivity contribution in [2.45, 2.75) is 19.8 Å². The largest absolute Gasteiger partial charge is 0.367 e. The first-order valence-corrected chi connectivity index (χ1v) is 8.62. The van der Waals surface area contributed by atoms with Crippen molar-refractivity contribution < 1.29 is 9.18 Å². The van der Waals surface area contributed by atoms with E-state index in [-0.39, 0.29) is 36.4 Å². The zero-order valence-corrected chi connectivity index (χ0v) is 16.3. The fourth-order valence-electron chi connectivity index (χ4n) is 3.52. The molecule has 0 aliphatic carbocycles. The maximum absolute atomic E-state index is 14.2. The maximum atomic E-state index is 14.2. The number of hydrogen-bond acceptors (Lipinski definition) is 4. The van der Waals surface area contributed by atoms with Crippen molar-refractivity contribution in [1.82, 2.24) is 10.2 Å². The third-order valence-corrected chi connectivity index (χ3v) is 5.08. The summed E-state index contributed by atoms with van der Waals surface area (Å²) in [5.41, 5.74) is 1.06. The number of anilines is 1. The van der Waals surface area contributed by atoms with Crippen molar-refractivity contribution in [3.63, 3.8) is 0 Å². The Hall–Kier alpha value is -0.880. The predicted octanol–water partition coefficient (Wildman–Crippen LogP) is 2.99. The van der Waals surface area contributed by atoms with E-state index in [1.54, 1.807) is 12.1 Å². The fourth-order valence-corrected chi connectivity index (χ4v) is 3.52. The molecule has 1 unspecified atom stereocenters. The molecule has 142 valence electrons. The molecule has 0 bridgehead atoms. The van der Waals surface area contributed by atoms with Gasteiger partial charge in [-0.15, -0.1) is 24.8 Å². The number of benzene rings is 1. The van der Waals surface area contributed by atoms with Crippen molar-refractivity contribution in [3.8, 4) is 0 Å². The zero-order chi connectivity index (χ0) is 16.2. The summed E-state index contributed by atoms with van der Waals surface area (Å²) in [5.74, 6) is 0.439. The fraction of sp³-hybridized carbons (Fsp3) is 0.611. The Balaban J connectivity index is 0.00000156. The summed E-state index contributed by atoms with van der Waals surface area (Å²) in [5, 5.41) is 3.41. The summed E-state index contributed by atoms with van der Waals surface area (Å²) < 4.78 is 14.2. The molecule has 0 spiro atoms. The minimum atomic E-state index is -0.289. The van der Waals surface area contributed by atoms with Crippen LogP contribution in [0.3, 0.4) is 0 Å². The van der Waals surface area contributed by atoms with Gasteiger partial charge in [-0.2, -0.15) is 0 Å². The first-order valence-electron chi connectivity index (χ1n) is 8.62. The third-order valence-electron chi connectivity index (χ3n) is 5.08. The Kier molecular flexibility index (Phi) is 9.14. The lowest BCUT2D eigenvalue weighted by Crippen LogP contribution is -2.47. The van der Waals surface area contributed by atoms with Gasteiger partial charge in [0, 0.05) is 31.7 Å². The lowest BCUT2D eigenvalue weighted by molar-refractivity contribution is 0.101. The molecule has 2 saturated heterocycles. The molecule has 2 heterocycles. The van der Waals surface area contributed by atoms with E-state index in [1.807, 2.05) is 0 Å². The van der Waals surface area contributed by atoms with Crippen LogP contribution in [0.5, 0.6) is 0 Å². The molecule has 0 amide bonds. The molecule has 2 fully saturated rings. The van der Waals surface area contributed by atoms with Crippen molar-refractivity contribution >= 4 is 36.3 Å². The van der Waals surface area contributed by atoms with Crippen LogP contribution < -0.4 is 10.2 Å². The molecular formula is C18H28Cl2FN3O. The number of hydrogen-bond donors (Lipinski definition) is 1. The second-order valence-electron chi connectivity index (χ2n) is 6.70. The maximum Gasteiger partial charge on any atom is 0.159 e. The molecule has 2 aliphatic rings. The third kappa shape index (κ3) is 5.81. The number of nitrogens with one attached hydrogen (secondary N) is 1. The molecule has 2 aliphatic heterocycles. The van der Waals surface area contributed by atoms with Gasteiger partial charge in [0.2, 0.25) is 0 Å². The highest BCUT2D eigenvalue weighted by atomic mass is 35.5. The van der Waals surface area contributed by atoms with E-state index in [0.717, 1.165) is 51.7 Å². The lowest BCUT2D eigenvalue weighted by atomic mass is 10.0. The Morgan fingerprint density at radius 2 is 1.96 bits per heavy atom. The van der Waals surface area contributed by atoms with Crippen molar-refractivity contribution in [2.24, 2.45) is 5.92 Å². The van der Waals surface area contributed by atoms with E-state index in [4.69, 9.17) is 0 Å². The molecule has 1 atom stereocenters. The number of carbonyl (C=O) groups excluding carboxylic acids is 1. The second-order valence-corrected chi connectivity index (χ2v) is 6.70. The number of rotatable bonds is 5. The van der Waals surface area contributed by atoms with Crippen LogP contribution >= 0.6 is 24.8 Å². The average Bonchev–Trinajstić information content (AvgIpc) is 3.07. The summed E-state index contributed by atoms with van der Waals surface area (Å²) in [6.07, 6.45) is 2.56. The summed E-state index contributed by atoms with van der Waals surface area (Å²) in [6, 6.07) is 4.82. The van der Waals surface area contributed by atoms with E-state index >= 15 is 0 Å². The van der Waals surface area contributed by atoms with Gasteiger partial charge in [0.15, 0.2) is 5.78 Å². The first-order chi connectivity index (χ1) is 11.1. The topological polar surface area (TPSA) is 35.6 Å². The Morgan fingerprint density at radius 3 is 2.52 bits per heavy atom. The van der Waals surface area contributed by atoms with Gasteiger partial charge in [0.1, 0.15) is 5.82 Å². The normalized spacial score (nSPS) is 20.7. The van der Waals surface area contributed by atoms with Crippen LogP contribution in [0.25, 0.3) is 0 Å². The minimum absolute atomic E-state index is 0. The van der Waals surface area contributed by atoms with Crippen LogP contribution in [0, 0.1) is 11.7 Å². The van der Waals surface area contributed by atoms with E-state index < -0.39 is 0 Å². The molecule has 0 radical (unpaired) electrons. The van der Waals surface area contributed by atoms with Gasteiger partial charge >= 0.3 is 0 Å². The number of carbonyl (C=O) groups is 1. The highest BCUT2D eigenvalue weighted by molar-refractivity contribution is 5.94. The highest BCUT2D eigenvalue weighted by Crippen LogP contribution is 2.22. The van der Waals surface area contributed by atoms with Gasteiger partial charge in [0.05, 0.1) is 5.69 Å². The van der Waals surface area contributed by atoms with Gasteiger partial charge in [-0.25, -0.2) is 4.39 Å². The van der Waals surface area contributed by atoms with E-state index in [2.05, 4.69) is 15.1 Å². The number of Topliss-reactive ketones (excluding diaryl/α,β-unsaturated/α-hetero) is 1. The standard InChI is InChI=1S/C18H26FN3O.2ClH/c1-14(23)16-2-3-18(17(19)12-16)22-10-8-21(9-11-22)7-5-15-4-6-20-13-15;;/h2-3,12,15,20H,4-11,13H2,1H3;2*1H. The minimum Gasteiger partial charge on any atom is -0.367 e. The van der Waals surface area contributed by atoms with Crippen LogP contribution in [0.4, 0.5) is 10.1 Å². The molecular weight excluding hydrogens is 364 g/mol. The van der Waals surface area contributed by atoms with Crippen molar-refractivity contribution in [1.29, 1.82) is 0 Å². The van der Waals surface area contributed by atoms with Crippen LogP contribution in [0.1, 0.15) is 30.1 Å². The zero-order valence-electron chi connectivity index (χ0n) is 14.7. The average molecular weight is 392 g/mol. The Morgan fingerprint density at radius 1 is 1.24 bits per heavy atom. The molecule has 7 heteroatoms. The van der Waals surface area contributed by atoms with Crippen LogP contribution in [0.2, 0.25) is 0 Å². The number of piperazine rings is 1. The Labute approximate surface area is 162 Å². The highest BCUT2D eigenvalue weighted by Gasteiger charge is 2.21. The number of nitrogens with zero attached hydrogens (tertiary/aromatic N) is 2. The van der Waals surface area contributed by atoms with E-state index in [1.165, 1.54) is 25.8 Å². The van der Waals surface area contributed by atoms with Crippen LogP contribution in [0.15, 0.2) is 18.2 Å². The van der Waals surface area contributed by atoms with Crippen LogP contribution in [-0.2, 0) is 0 Å². The summed E-state index contributed by atoms with van der Waals surface area (Å²) >= 11 is 0. The predicted molar refractivity (Wildman–Crippen MR) is 105 cm³/mol. The van der Waals surface area contributed by atoms with E-state index in [9.17, 15) is 9.18 Å². The molecule has 1 N–H and O–H groups in total. The molecule has 0 aromatic heterocycles. The molecule has 0 saturated carbocycles. The van der Waals surface area contributed by atoms with Gasteiger partial charge in [-0.1, -0.05) is 0 Å². The van der Waals surface area contributed by atoms with Gasteiger partial charge in [-0.05, 0) is 63.5 Å². The van der Waals surface area contributed by atoms with Crippen molar-refractivity contribution in [2.75, 3.05) is 50.7 Å². The smallest absolute Gasteiger partial charge is 0.159 e. The van der Waals surface area contributed by atoms with Gasteiger partial charge in [-0.3, -0.25) is 9.69 Å². The van der Waals surface area contributed by atoms with Crippen LogP contribution in [-0.4, -0.2) is 56.5 Å². The Bertz CT molecular complexity index is 559. The lowest BCUT2D eigenvalue weighted by Gasteiger charge is -2.36. The molecule has 3 rings (SSSR count). The van der Waals surface area contributed by atoms with Gasteiger partial charge < -0.3 is 10.2 Å². The summed E-state index contributed by atoms with van der Waals surface area (Å²) in [4.78, 5) is 15.9. The quantitative estimate of drug-likeness (QED) is 0.782. The van der Waals surface area contributed by atoms with Crippen molar-refractivity contribution in [3.05, 3.63) is 29.6 Å². The number of halogens is 3. The monoisotopic (exact) mass is 391 g/mol. The molecule has 4 nitrogen and oxygen atoms in total. The summed E-state index contributed by atoms with van der Waals surface area (Å²) in [7, 11) is 0. The second kappa shape index (κ2) is 10.3. The van der Waals surface area contributed by atoms with Gasteiger partial charge in [0.25, 0.3) is 0 Å². The first kappa shape index (κ1) is 22.2. The molecule has 1 aromatic rings. The molecule has 1 aromatic carbocycles. The SMILES string of the molecule is CC(=O)c1ccc(N2CCN(CCC3CCNC3)CC2)c(F)c1.Cl.Cl. The molecule has 25 heavy (non-hydrogen) atoms. The summed E-state index contributed by atoms with van der Waals surface area (Å²) in [6.45, 7) is 8.58. The van der Waals surface area contributed by atoms with E-state index in [0.29, 0.717) is 11.3 Å². The number of ketones is 1.